The van der Waals surface area contributed by atoms with Gasteiger partial charge in [0.1, 0.15) is 5.82 Å². The van der Waals surface area contributed by atoms with E-state index in [2.05, 4.69) is 25.3 Å². The number of H-pyrrole nitrogens is 1. The standard InChI is InChI=1S/C27H27FN6O5/c1-27(25(36)31-19-7-10-29-11-8-19)15-38-24(39-16-27)23-33-21(17-3-5-18(28)6-4-17)22(34-23)20-9-12-30-26(32-20)37-14-2-13-35/h3-12,24,35H,2,13-16H2,1H3,(H,33,34)(H,29,31,36). The minimum atomic E-state index is -0.928. The van der Waals surface area contributed by atoms with Gasteiger partial charge in [0.2, 0.25) is 12.2 Å². The average molecular weight is 535 g/mol. The first-order valence-corrected chi connectivity index (χ1v) is 12.3. The Hall–Kier alpha value is -4.26. The zero-order valence-corrected chi connectivity index (χ0v) is 21.1. The first-order valence-electron chi connectivity index (χ1n) is 12.3. The van der Waals surface area contributed by atoms with Crippen LogP contribution in [0.2, 0.25) is 0 Å². The van der Waals surface area contributed by atoms with Gasteiger partial charge in [0.05, 0.1) is 42.3 Å². The molecule has 0 saturated carbocycles. The molecule has 1 saturated heterocycles. The van der Waals surface area contributed by atoms with Crippen LogP contribution in [0.1, 0.15) is 25.5 Å². The molecule has 1 aliphatic rings. The van der Waals surface area contributed by atoms with E-state index in [0.29, 0.717) is 40.6 Å². The van der Waals surface area contributed by atoms with Crippen molar-refractivity contribution in [2.24, 2.45) is 5.41 Å². The molecule has 1 amide bonds. The molecular formula is C27H27FN6O5. The molecule has 1 aromatic carbocycles. The maximum absolute atomic E-state index is 13.6. The Labute approximate surface area is 223 Å². The molecular weight excluding hydrogens is 507 g/mol. The van der Waals surface area contributed by atoms with E-state index in [0.717, 1.165) is 0 Å². The fourth-order valence-corrected chi connectivity index (χ4v) is 3.90. The van der Waals surface area contributed by atoms with Crippen molar-refractivity contribution < 1.29 is 28.5 Å². The maximum atomic E-state index is 13.6. The number of benzene rings is 1. The second-order valence-corrected chi connectivity index (χ2v) is 9.21. The van der Waals surface area contributed by atoms with Crippen LogP contribution < -0.4 is 10.1 Å². The number of aliphatic hydroxyl groups is 1. The van der Waals surface area contributed by atoms with Crippen LogP contribution in [-0.4, -0.2) is 62.4 Å². The molecule has 39 heavy (non-hydrogen) atoms. The first kappa shape index (κ1) is 26.4. The van der Waals surface area contributed by atoms with E-state index in [1.807, 2.05) is 0 Å². The van der Waals surface area contributed by atoms with E-state index in [1.54, 1.807) is 55.8 Å². The van der Waals surface area contributed by atoms with Crippen molar-refractivity contribution in [1.29, 1.82) is 0 Å². The molecule has 3 aromatic heterocycles. The van der Waals surface area contributed by atoms with Crippen molar-refractivity contribution in [2.45, 2.75) is 19.6 Å². The topological polar surface area (TPSA) is 144 Å². The minimum absolute atomic E-state index is 0.00978. The number of carbonyl (C=O) groups is 1. The second kappa shape index (κ2) is 11.6. The quantitative estimate of drug-likeness (QED) is 0.275. The number of aliphatic hydroxyl groups excluding tert-OH is 1. The number of pyridine rings is 1. The third-order valence-corrected chi connectivity index (χ3v) is 6.08. The Bertz CT molecular complexity index is 1410. The average Bonchev–Trinajstić information content (AvgIpc) is 3.40. The Morgan fingerprint density at radius 1 is 1.13 bits per heavy atom. The summed E-state index contributed by atoms with van der Waals surface area (Å²) < 4.78 is 31.1. The summed E-state index contributed by atoms with van der Waals surface area (Å²) in [4.78, 5) is 33.4. The van der Waals surface area contributed by atoms with E-state index in [1.165, 1.54) is 12.1 Å². The number of aromatic nitrogens is 5. The lowest BCUT2D eigenvalue weighted by atomic mass is 9.91. The summed E-state index contributed by atoms with van der Waals surface area (Å²) in [5, 5.41) is 11.9. The summed E-state index contributed by atoms with van der Waals surface area (Å²) in [6, 6.07) is 11.1. The van der Waals surface area contributed by atoms with Crippen LogP contribution in [0.4, 0.5) is 10.1 Å². The van der Waals surface area contributed by atoms with Crippen molar-refractivity contribution in [2.75, 3.05) is 31.7 Å². The van der Waals surface area contributed by atoms with E-state index in [-0.39, 0.29) is 44.2 Å². The summed E-state index contributed by atoms with van der Waals surface area (Å²) in [5.41, 5.74) is 1.86. The van der Waals surface area contributed by atoms with Gasteiger partial charge in [0.25, 0.3) is 0 Å². The van der Waals surface area contributed by atoms with Crippen molar-refractivity contribution in [1.82, 2.24) is 24.9 Å². The summed E-state index contributed by atoms with van der Waals surface area (Å²) in [5.74, 6) is -0.253. The highest BCUT2D eigenvalue weighted by atomic mass is 19.1. The number of amides is 1. The van der Waals surface area contributed by atoms with Gasteiger partial charge in [-0.1, -0.05) is 0 Å². The second-order valence-electron chi connectivity index (χ2n) is 9.21. The summed E-state index contributed by atoms with van der Waals surface area (Å²) >= 11 is 0. The van der Waals surface area contributed by atoms with Gasteiger partial charge >= 0.3 is 6.01 Å². The third-order valence-electron chi connectivity index (χ3n) is 6.08. The Morgan fingerprint density at radius 2 is 1.87 bits per heavy atom. The highest BCUT2D eigenvalue weighted by Gasteiger charge is 2.41. The summed E-state index contributed by atoms with van der Waals surface area (Å²) in [6.07, 6.45) is 4.31. The summed E-state index contributed by atoms with van der Waals surface area (Å²) in [7, 11) is 0. The number of hydrogen-bond donors (Lipinski definition) is 3. The molecule has 0 aliphatic carbocycles. The lowest BCUT2D eigenvalue weighted by Crippen LogP contribution is -2.45. The molecule has 3 N–H and O–H groups in total. The molecule has 5 rings (SSSR count). The lowest BCUT2D eigenvalue weighted by Gasteiger charge is -2.35. The monoisotopic (exact) mass is 534 g/mol. The van der Waals surface area contributed by atoms with E-state index >= 15 is 0 Å². The van der Waals surface area contributed by atoms with Gasteiger partial charge in [-0.05, 0) is 49.4 Å². The molecule has 0 bridgehead atoms. The lowest BCUT2D eigenvalue weighted by molar-refractivity contribution is -0.229. The van der Waals surface area contributed by atoms with Crippen LogP contribution in [-0.2, 0) is 14.3 Å². The molecule has 202 valence electrons. The van der Waals surface area contributed by atoms with Crippen LogP contribution in [0.25, 0.3) is 22.6 Å². The van der Waals surface area contributed by atoms with Crippen molar-refractivity contribution in [3.8, 4) is 28.7 Å². The number of anilines is 1. The fourth-order valence-electron chi connectivity index (χ4n) is 3.90. The normalized spacial score (nSPS) is 19.0. The van der Waals surface area contributed by atoms with Gasteiger partial charge in [-0.3, -0.25) is 9.78 Å². The highest BCUT2D eigenvalue weighted by Crippen LogP contribution is 2.36. The molecule has 0 atom stereocenters. The third kappa shape index (κ3) is 6.08. The molecule has 4 aromatic rings. The van der Waals surface area contributed by atoms with Crippen LogP contribution in [0.15, 0.2) is 61.1 Å². The molecule has 1 fully saturated rings. The number of carbonyl (C=O) groups excluding carboxylic acids is 1. The Morgan fingerprint density at radius 3 is 2.59 bits per heavy atom. The molecule has 11 nitrogen and oxygen atoms in total. The molecule has 12 heteroatoms. The number of hydrogen-bond acceptors (Lipinski definition) is 9. The van der Waals surface area contributed by atoms with E-state index in [4.69, 9.17) is 24.3 Å². The van der Waals surface area contributed by atoms with Crippen LogP contribution >= 0.6 is 0 Å². The molecule has 4 heterocycles. The van der Waals surface area contributed by atoms with Crippen molar-refractivity contribution in [3.63, 3.8) is 0 Å². The van der Waals surface area contributed by atoms with Crippen molar-refractivity contribution in [3.05, 3.63) is 72.7 Å². The van der Waals surface area contributed by atoms with Crippen LogP contribution in [0, 0.1) is 11.2 Å². The number of ether oxygens (including phenoxy) is 3. The predicted molar refractivity (Wildman–Crippen MR) is 138 cm³/mol. The Balaban J connectivity index is 1.38. The number of nitrogens with one attached hydrogen (secondary N) is 2. The number of nitrogens with zero attached hydrogens (tertiary/aromatic N) is 4. The first-order chi connectivity index (χ1) is 18.9. The number of halogens is 1. The minimum Gasteiger partial charge on any atom is -0.463 e. The SMILES string of the molecule is CC1(C(=O)Nc2ccncc2)COC(c2nc(-c3ccc(F)cc3)c(-c3ccnc(OCCCO)n3)[nH]2)OC1. The predicted octanol–water partition coefficient (Wildman–Crippen LogP) is 3.52. The Kier molecular flexibility index (Phi) is 7.87. The zero-order valence-electron chi connectivity index (χ0n) is 21.1. The largest absolute Gasteiger partial charge is 0.463 e. The van der Waals surface area contributed by atoms with E-state index < -0.39 is 11.7 Å². The van der Waals surface area contributed by atoms with Gasteiger partial charge < -0.3 is 29.6 Å². The number of rotatable bonds is 9. The maximum Gasteiger partial charge on any atom is 0.316 e. The van der Waals surface area contributed by atoms with Gasteiger partial charge in [0, 0.05) is 42.9 Å². The molecule has 1 aliphatic heterocycles. The van der Waals surface area contributed by atoms with Gasteiger partial charge in [-0.2, -0.15) is 4.98 Å². The van der Waals surface area contributed by atoms with Crippen LogP contribution in [0.5, 0.6) is 6.01 Å². The number of aromatic amines is 1. The molecule has 0 radical (unpaired) electrons. The fraction of sp³-hybridized carbons (Fsp3) is 0.296. The number of imidazole rings is 1. The highest BCUT2D eigenvalue weighted by molar-refractivity contribution is 5.95. The van der Waals surface area contributed by atoms with Gasteiger partial charge in [-0.15, -0.1) is 0 Å². The smallest absolute Gasteiger partial charge is 0.316 e. The van der Waals surface area contributed by atoms with E-state index in [9.17, 15) is 9.18 Å². The molecule has 0 spiro atoms. The van der Waals surface area contributed by atoms with Gasteiger partial charge in [0.15, 0.2) is 5.82 Å². The van der Waals surface area contributed by atoms with Crippen LogP contribution in [0.3, 0.4) is 0 Å². The molecule has 0 unspecified atom stereocenters. The summed E-state index contributed by atoms with van der Waals surface area (Å²) in [6.45, 7) is 2.19. The van der Waals surface area contributed by atoms with Crippen molar-refractivity contribution >= 4 is 11.6 Å². The van der Waals surface area contributed by atoms with Gasteiger partial charge in [-0.25, -0.2) is 14.4 Å². The zero-order chi connectivity index (χ0) is 27.2.